The lowest BCUT2D eigenvalue weighted by Gasteiger charge is -2.57. The van der Waals surface area contributed by atoms with Crippen LogP contribution in [0.5, 0.6) is 0 Å². The van der Waals surface area contributed by atoms with Crippen LogP contribution >= 0.6 is 0 Å². The molecule has 0 N–H and O–H groups in total. The monoisotopic (exact) mass is 372 g/mol. The summed E-state index contributed by atoms with van der Waals surface area (Å²) in [7, 11) is 0. The normalized spacial score (nSPS) is 43.4. The third-order valence-electron chi connectivity index (χ3n) is 8.88. The largest absolute Gasteiger partial charge is 0.462 e. The predicted molar refractivity (Wildman–Crippen MR) is 106 cm³/mol. The molecule has 0 amide bonds. The molecule has 3 heteroatoms. The molecule has 4 aliphatic carbocycles. The maximum atomic E-state index is 12.3. The van der Waals surface area contributed by atoms with Gasteiger partial charge in [0.15, 0.2) is 5.78 Å². The van der Waals surface area contributed by atoms with Crippen LogP contribution in [0, 0.1) is 28.6 Å². The Kier molecular flexibility index (Phi) is 5.01. The van der Waals surface area contributed by atoms with Crippen LogP contribution in [0.1, 0.15) is 91.4 Å². The van der Waals surface area contributed by atoms with Crippen molar-refractivity contribution in [2.24, 2.45) is 28.6 Å². The van der Waals surface area contributed by atoms with Crippen molar-refractivity contribution in [3.05, 3.63) is 11.6 Å². The summed E-state index contributed by atoms with van der Waals surface area (Å²) in [5.74, 6) is 2.46. The van der Waals surface area contributed by atoms with E-state index >= 15 is 0 Å². The number of hydrogen-bond acceptors (Lipinski definition) is 3. The molecule has 0 unspecified atom stereocenters. The van der Waals surface area contributed by atoms with Crippen molar-refractivity contribution < 1.29 is 14.3 Å². The maximum Gasteiger partial charge on any atom is 0.306 e. The van der Waals surface area contributed by atoms with E-state index in [0.717, 1.165) is 44.4 Å². The molecule has 0 aliphatic heterocycles. The van der Waals surface area contributed by atoms with Crippen LogP contribution in [0.4, 0.5) is 0 Å². The molecule has 0 saturated heterocycles. The molecule has 4 rings (SSSR count). The summed E-state index contributed by atoms with van der Waals surface area (Å²) in [5.41, 5.74) is 1.82. The van der Waals surface area contributed by atoms with Crippen molar-refractivity contribution in [1.82, 2.24) is 0 Å². The van der Waals surface area contributed by atoms with E-state index in [1.165, 1.54) is 31.3 Å². The average molecular weight is 373 g/mol. The topological polar surface area (TPSA) is 43.4 Å². The summed E-state index contributed by atoms with van der Waals surface area (Å²) in [5, 5.41) is 0. The Bertz CT molecular complexity index is 650. The lowest BCUT2D eigenvalue weighted by Crippen LogP contribution is -2.51. The number of esters is 1. The highest BCUT2D eigenvalue weighted by atomic mass is 16.5. The van der Waals surface area contributed by atoms with Gasteiger partial charge in [0.25, 0.3) is 0 Å². The van der Waals surface area contributed by atoms with Crippen LogP contribution in [0.25, 0.3) is 0 Å². The van der Waals surface area contributed by atoms with Gasteiger partial charge in [0.2, 0.25) is 0 Å². The van der Waals surface area contributed by atoms with E-state index in [2.05, 4.69) is 20.8 Å². The molecule has 0 spiro atoms. The summed E-state index contributed by atoms with van der Waals surface area (Å²) in [6.07, 6.45) is 13.4. The number of carbonyl (C=O) groups is 2. The Balaban J connectivity index is 1.51. The Hall–Kier alpha value is -1.12. The fourth-order valence-electron chi connectivity index (χ4n) is 7.24. The smallest absolute Gasteiger partial charge is 0.306 e. The van der Waals surface area contributed by atoms with Gasteiger partial charge in [-0.3, -0.25) is 9.59 Å². The van der Waals surface area contributed by atoms with Gasteiger partial charge >= 0.3 is 5.97 Å². The second kappa shape index (κ2) is 7.04. The summed E-state index contributed by atoms with van der Waals surface area (Å²) in [6.45, 7) is 6.95. The van der Waals surface area contributed by atoms with Gasteiger partial charge in [-0.1, -0.05) is 32.8 Å². The van der Waals surface area contributed by atoms with E-state index in [1.807, 2.05) is 6.08 Å². The fraction of sp³-hybridized carbons (Fsp3) is 0.833. The second-order valence-electron chi connectivity index (χ2n) is 10.2. The maximum absolute atomic E-state index is 12.3. The van der Waals surface area contributed by atoms with Gasteiger partial charge in [-0.2, -0.15) is 0 Å². The number of carbonyl (C=O) groups excluding carboxylic acids is 2. The zero-order valence-electron chi connectivity index (χ0n) is 17.4. The lowest BCUT2D eigenvalue weighted by molar-refractivity contribution is -0.160. The first kappa shape index (κ1) is 19.2. The summed E-state index contributed by atoms with van der Waals surface area (Å²) < 4.78 is 6.02. The molecular formula is C24H36O3. The molecule has 3 nitrogen and oxygen atoms in total. The fourth-order valence-corrected chi connectivity index (χ4v) is 7.24. The molecule has 150 valence electrons. The molecule has 0 bridgehead atoms. The zero-order chi connectivity index (χ0) is 19.2. The minimum Gasteiger partial charge on any atom is -0.462 e. The van der Waals surface area contributed by atoms with E-state index in [9.17, 15) is 9.59 Å². The molecule has 0 aromatic heterocycles. The molecule has 0 aromatic carbocycles. The van der Waals surface area contributed by atoms with Crippen LogP contribution < -0.4 is 0 Å². The minimum atomic E-state index is 0.0115. The SMILES string of the molecule is CCCCC(=O)O[C@H]1CC[C@@H]2[C@@H]3CCC4=CC(=O)CC[C@]4(C)[C@@H]3CC[C@]12C. The standard InChI is InChI=1S/C24H36O3/c1-4-5-6-22(26)27-21-10-9-19-18-8-7-16-15-17(25)11-13-23(16,2)20(18)12-14-24(19,21)3/h15,18-21H,4-14H2,1-3H3/t18-,19+,20+,21-,23-,24-/m0/s1. The molecule has 27 heavy (non-hydrogen) atoms. The van der Waals surface area contributed by atoms with Crippen molar-refractivity contribution >= 4 is 11.8 Å². The van der Waals surface area contributed by atoms with Gasteiger partial charge in [-0.15, -0.1) is 0 Å². The Morgan fingerprint density at radius 3 is 2.70 bits per heavy atom. The predicted octanol–water partition coefficient (Wildman–Crippen LogP) is 5.62. The van der Waals surface area contributed by atoms with Crippen LogP contribution in [0.2, 0.25) is 0 Å². The van der Waals surface area contributed by atoms with E-state index in [-0.39, 0.29) is 22.9 Å². The highest BCUT2D eigenvalue weighted by Crippen LogP contribution is 2.65. The number of unbranched alkanes of at least 4 members (excludes halogenated alkanes) is 1. The van der Waals surface area contributed by atoms with E-state index in [4.69, 9.17) is 4.74 Å². The first-order chi connectivity index (χ1) is 12.9. The molecule has 0 heterocycles. The van der Waals surface area contributed by atoms with E-state index in [0.29, 0.717) is 24.0 Å². The van der Waals surface area contributed by atoms with E-state index < -0.39 is 0 Å². The van der Waals surface area contributed by atoms with Crippen molar-refractivity contribution in [3.63, 3.8) is 0 Å². The van der Waals surface area contributed by atoms with Gasteiger partial charge in [-0.25, -0.2) is 0 Å². The molecule has 3 fully saturated rings. The number of ketones is 1. The second-order valence-corrected chi connectivity index (χ2v) is 10.2. The molecular weight excluding hydrogens is 336 g/mol. The van der Waals surface area contributed by atoms with Gasteiger partial charge < -0.3 is 4.74 Å². The zero-order valence-corrected chi connectivity index (χ0v) is 17.4. The summed E-state index contributed by atoms with van der Waals surface area (Å²) in [6, 6.07) is 0. The van der Waals surface area contributed by atoms with Crippen molar-refractivity contribution in [2.75, 3.05) is 0 Å². The third-order valence-corrected chi connectivity index (χ3v) is 8.88. The third kappa shape index (κ3) is 3.09. The number of hydrogen-bond donors (Lipinski definition) is 0. The van der Waals surface area contributed by atoms with Crippen molar-refractivity contribution in [2.45, 2.75) is 97.5 Å². The van der Waals surface area contributed by atoms with Crippen LogP contribution in [0.3, 0.4) is 0 Å². The van der Waals surface area contributed by atoms with Gasteiger partial charge in [0.1, 0.15) is 6.10 Å². The Morgan fingerprint density at radius 1 is 1.11 bits per heavy atom. The summed E-state index contributed by atoms with van der Waals surface area (Å²) >= 11 is 0. The molecule has 6 atom stereocenters. The van der Waals surface area contributed by atoms with Crippen LogP contribution in [-0.2, 0) is 14.3 Å². The number of fused-ring (bicyclic) bond motifs is 5. The quantitative estimate of drug-likeness (QED) is 0.602. The van der Waals surface area contributed by atoms with E-state index in [1.54, 1.807) is 0 Å². The van der Waals surface area contributed by atoms with Gasteiger partial charge in [-0.05, 0) is 80.6 Å². The molecule has 0 radical (unpaired) electrons. The average Bonchev–Trinajstić information content (AvgIpc) is 2.97. The van der Waals surface area contributed by atoms with Gasteiger partial charge in [0.05, 0.1) is 0 Å². The number of rotatable bonds is 4. The Labute approximate surface area is 164 Å². The molecule has 3 saturated carbocycles. The van der Waals surface area contributed by atoms with Crippen molar-refractivity contribution in [3.8, 4) is 0 Å². The summed E-state index contributed by atoms with van der Waals surface area (Å²) in [4.78, 5) is 24.2. The number of allylic oxidation sites excluding steroid dienone is 1. The van der Waals surface area contributed by atoms with Crippen molar-refractivity contribution in [1.29, 1.82) is 0 Å². The minimum absolute atomic E-state index is 0.0115. The Morgan fingerprint density at radius 2 is 1.93 bits per heavy atom. The first-order valence-corrected chi connectivity index (χ1v) is 11.3. The van der Waals surface area contributed by atoms with Crippen LogP contribution in [0.15, 0.2) is 11.6 Å². The highest BCUT2D eigenvalue weighted by molar-refractivity contribution is 5.91. The lowest BCUT2D eigenvalue weighted by atomic mass is 9.47. The van der Waals surface area contributed by atoms with Gasteiger partial charge in [0, 0.05) is 18.3 Å². The molecule has 4 aliphatic rings. The first-order valence-electron chi connectivity index (χ1n) is 11.3. The number of ether oxygens (including phenoxy) is 1. The van der Waals surface area contributed by atoms with Crippen LogP contribution in [-0.4, -0.2) is 17.9 Å². The molecule has 0 aromatic rings. The highest BCUT2D eigenvalue weighted by Gasteiger charge is 2.59.